The topological polar surface area (TPSA) is 44.5 Å². The predicted octanol–water partition coefficient (Wildman–Crippen LogP) is 2.83. The third kappa shape index (κ3) is 3.13. The van der Waals surface area contributed by atoms with E-state index in [-0.39, 0.29) is 6.10 Å². The summed E-state index contributed by atoms with van der Waals surface area (Å²) in [7, 11) is 0. The number of rotatable bonds is 3. The Kier molecular flexibility index (Phi) is 3.89. The summed E-state index contributed by atoms with van der Waals surface area (Å²) in [6, 6.07) is 4.04. The molecule has 1 unspecified atom stereocenters. The summed E-state index contributed by atoms with van der Waals surface area (Å²) in [5.74, 6) is 0.810. The average molecular weight is 235 g/mol. The van der Waals surface area contributed by atoms with E-state index >= 15 is 0 Å². The Morgan fingerprint density at radius 1 is 1.35 bits per heavy atom. The van der Waals surface area contributed by atoms with Crippen molar-refractivity contribution in [3.05, 3.63) is 23.3 Å². The molecule has 94 valence electrons. The van der Waals surface area contributed by atoms with Crippen LogP contribution in [0.15, 0.2) is 12.1 Å². The minimum absolute atomic E-state index is 0.226. The van der Waals surface area contributed by atoms with Gasteiger partial charge < -0.3 is 15.2 Å². The maximum Gasteiger partial charge on any atom is 0.145 e. The van der Waals surface area contributed by atoms with E-state index in [1.54, 1.807) is 0 Å². The molecule has 1 heterocycles. The minimum Gasteiger partial charge on any atom is -0.488 e. The third-order valence-corrected chi connectivity index (χ3v) is 3.14. The number of nitrogens with two attached hydrogens (primary N) is 1. The highest BCUT2D eigenvalue weighted by Gasteiger charge is 2.15. The lowest BCUT2D eigenvalue weighted by Gasteiger charge is -2.23. The van der Waals surface area contributed by atoms with Crippen molar-refractivity contribution in [3.8, 4) is 5.75 Å². The smallest absolute Gasteiger partial charge is 0.145 e. The predicted molar refractivity (Wildman–Crippen MR) is 69.4 cm³/mol. The first-order chi connectivity index (χ1) is 8.16. The molecule has 3 heteroatoms. The quantitative estimate of drug-likeness (QED) is 0.819. The van der Waals surface area contributed by atoms with Crippen LogP contribution in [0.2, 0.25) is 0 Å². The third-order valence-electron chi connectivity index (χ3n) is 3.14. The maximum absolute atomic E-state index is 5.97. The van der Waals surface area contributed by atoms with Crippen molar-refractivity contribution in [2.24, 2.45) is 0 Å². The van der Waals surface area contributed by atoms with Crippen molar-refractivity contribution in [1.82, 2.24) is 0 Å². The number of hydrogen-bond donors (Lipinski definition) is 1. The molecule has 0 radical (unpaired) electrons. The fourth-order valence-corrected chi connectivity index (χ4v) is 2.30. The van der Waals surface area contributed by atoms with E-state index in [4.69, 9.17) is 15.2 Å². The molecule has 0 spiro atoms. The van der Waals surface area contributed by atoms with E-state index in [1.807, 2.05) is 19.9 Å². The monoisotopic (exact) mass is 235 g/mol. The van der Waals surface area contributed by atoms with Crippen molar-refractivity contribution in [3.63, 3.8) is 0 Å². The highest BCUT2D eigenvalue weighted by atomic mass is 16.5. The van der Waals surface area contributed by atoms with Crippen LogP contribution in [0.25, 0.3) is 0 Å². The number of anilines is 1. The van der Waals surface area contributed by atoms with Gasteiger partial charge in [0.15, 0.2) is 0 Å². The summed E-state index contributed by atoms with van der Waals surface area (Å²) < 4.78 is 11.4. The molecule has 1 fully saturated rings. The summed E-state index contributed by atoms with van der Waals surface area (Å²) in [6.07, 6.45) is 3.72. The molecule has 2 rings (SSSR count). The Morgan fingerprint density at radius 2 is 2.18 bits per heavy atom. The van der Waals surface area contributed by atoms with Crippen LogP contribution in [0.5, 0.6) is 5.75 Å². The van der Waals surface area contributed by atoms with Crippen LogP contribution in [0.4, 0.5) is 5.69 Å². The van der Waals surface area contributed by atoms with Crippen molar-refractivity contribution in [1.29, 1.82) is 0 Å². The summed E-state index contributed by atoms with van der Waals surface area (Å²) >= 11 is 0. The van der Waals surface area contributed by atoms with Gasteiger partial charge in [0.05, 0.1) is 11.8 Å². The lowest BCUT2D eigenvalue weighted by molar-refractivity contribution is -0.0110. The number of nitrogen functional groups attached to an aromatic ring is 1. The maximum atomic E-state index is 5.97. The Balaban J connectivity index is 1.98. The number of hydrogen-bond acceptors (Lipinski definition) is 3. The Morgan fingerprint density at radius 3 is 2.82 bits per heavy atom. The Bertz CT molecular complexity index is 361. The van der Waals surface area contributed by atoms with Gasteiger partial charge in [-0.2, -0.15) is 0 Å². The van der Waals surface area contributed by atoms with Gasteiger partial charge in [-0.05, 0) is 50.3 Å². The number of aryl methyl sites for hydroxylation is 2. The fourth-order valence-electron chi connectivity index (χ4n) is 2.30. The molecule has 0 saturated carbocycles. The standard InChI is InChI=1S/C14H21NO2/c1-10-7-11(2)14(13(15)8-10)17-9-12-5-3-4-6-16-12/h7-8,12H,3-6,9,15H2,1-2H3. The van der Waals surface area contributed by atoms with Gasteiger partial charge in [0.25, 0.3) is 0 Å². The van der Waals surface area contributed by atoms with E-state index in [0.717, 1.165) is 30.0 Å². The van der Waals surface area contributed by atoms with E-state index in [2.05, 4.69) is 6.07 Å². The highest BCUT2D eigenvalue weighted by Crippen LogP contribution is 2.28. The van der Waals surface area contributed by atoms with Crippen LogP contribution >= 0.6 is 0 Å². The molecule has 1 aliphatic heterocycles. The van der Waals surface area contributed by atoms with Crippen LogP contribution in [-0.2, 0) is 4.74 Å². The molecule has 3 nitrogen and oxygen atoms in total. The molecule has 0 aromatic heterocycles. The zero-order valence-electron chi connectivity index (χ0n) is 10.7. The van der Waals surface area contributed by atoms with Crippen molar-refractivity contribution >= 4 is 5.69 Å². The van der Waals surface area contributed by atoms with Crippen LogP contribution < -0.4 is 10.5 Å². The summed E-state index contributed by atoms with van der Waals surface area (Å²) in [6.45, 7) is 5.53. The summed E-state index contributed by atoms with van der Waals surface area (Å²) in [4.78, 5) is 0. The fraction of sp³-hybridized carbons (Fsp3) is 0.571. The highest BCUT2D eigenvalue weighted by molar-refractivity contribution is 5.58. The van der Waals surface area contributed by atoms with Crippen molar-refractivity contribution < 1.29 is 9.47 Å². The molecule has 17 heavy (non-hydrogen) atoms. The van der Waals surface area contributed by atoms with Gasteiger partial charge in [-0.25, -0.2) is 0 Å². The molecule has 0 bridgehead atoms. The lowest BCUT2D eigenvalue weighted by atomic mass is 10.1. The second kappa shape index (κ2) is 5.41. The van der Waals surface area contributed by atoms with Gasteiger partial charge in [-0.1, -0.05) is 6.07 Å². The summed E-state index contributed by atoms with van der Waals surface area (Å²) in [5, 5.41) is 0. The van der Waals surface area contributed by atoms with Gasteiger partial charge in [-0.15, -0.1) is 0 Å². The molecular weight excluding hydrogens is 214 g/mol. The zero-order valence-corrected chi connectivity index (χ0v) is 10.7. The van der Waals surface area contributed by atoms with Gasteiger partial charge in [0, 0.05) is 6.61 Å². The van der Waals surface area contributed by atoms with Crippen LogP contribution in [0, 0.1) is 13.8 Å². The molecule has 2 N–H and O–H groups in total. The molecule has 1 saturated heterocycles. The normalized spacial score (nSPS) is 20.2. The SMILES string of the molecule is Cc1cc(C)c(OCC2CCCCO2)c(N)c1. The van der Waals surface area contributed by atoms with Gasteiger partial charge in [0.2, 0.25) is 0 Å². The van der Waals surface area contributed by atoms with Crippen LogP contribution in [-0.4, -0.2) is 19.3 Å². The zero-order chi connectivity index (χ0) is 12.3. The van der Waals surface area contributed by atoms with Crippen molar-refractivity contribution in [2.45, 2.75) is 39.2 Å². The second-order valence-electron chi connectivity index (χ2n) is 4.80. The van der Waals surface area contributed by atoms with E-state index in [1.165, 1.54) is 18.4 Å². The first kappa shape index (κ1) is 12.2. The number of benzene rings is 1. The molecule has 1 aromatic rings. The van der Waals surface area contributed by atoms with Crippen LogP contribution in [0.1, 0.15) is 30.4 Å². The van der Waals surface area contributed by atoms with Gasteiger partial charge in [-0.3, -0.25) is 0 Å². The van der Waals surface area contributed by atoms with Crippen molar-refractivity contribution in [2.75, 3.05) is 18.9 Å². The van der Waals surface area contributed by atoms with E-state index in [9.17, 15) is 0 Å². The largest absolute Gasteiger partial charge is 0.488 e. The minimum atomic E-state index is 0.226. The summed E-state index contributed by atoms with van der Waals surface area (Å²) in [5.41, 5.74) is 8.96. The average Bonchev–Trinajstić information content (AvgIpc) is 2.29. The molecule has 1 atom stereocenters. The van der Waals surface area contributed by atoms with Gasteiger partial charge >= 0.3 is 0 Å². The molecule has 1 aromatic carbocycles. The molecule has 1 aliphatic rings. The van der Waals surface area contributed by atoms with E-state index in [0.29, 0.717) is 6.61 Å². The first-order valence-corrected chi connectivity index (χ1v) is 6.28. The van der Waals surface area contributed by atoms with Gasteiger partial charge in [0.1, 0.15) is 12.4 Å². The Hall–Kier alpha value is -1.22. The molecule has 0 amide bonds. The van der Waals surface area contributed by atoms with Crippen LogP contribution in [0.3, 0.4) is 0 Å². The first-order valence-electron chi connectivity index (χ1n) is 6.28. The Labute approximate surface area is 103 Å². The number of ether oxygens (including phenoxy) is 2. The van der Waals surface area contributed by atoms with E-state index < -0.39 is 0 Å². The molecular formula is C14H21NO2. The second-order valence-corrected chi connectivity index (χ2v) is 4.80. The molecule has 0 aliphatic carbocycles. The lowest BCUT2D eigenvalue weighted by Crippen LogP contribution is -2.26.